The largest absolute Gasteiger partial charge is 0.573 e. The molecule has 0 radical (unpaired) electrons. The van der Waals surface area contributed by atoms with Crippen molar-refractivity contribution >= 4 is 5.78 Å². The smallest absolute Gasteiger partial charge is 0.405 e. The highest BCUT2D eigenvalue weighted by Crippen LogP contribution is 2.39. The molecule has 1 aliphatic rings. The van der Waals surface area contributed by atoms with Crippen molar-refractivity contribution in [3.63, 3.8) is 0 Å². The zero-order valence-electron chi connectivity index (χ0n) is 8.25. The summed E-state index contributed by atoms with van der Waals surface area (Å²) in [7, 11) is 0. The van der Waals surface area contributed by atoms with E-state index in [-0.39, 0.29) is 17.5 Å². The van der Waals surface area contributed by atoms with Crippen LogP contribution in [0.3, 0.4) is 0 Å². The summed E-state index contributed by atoms with van der Waals surface area (Å²) >= 11 is 0. The molecule has 0 aromatic heterocycles. The molecule has 1 aromatic carbocycles. The predicted molar refractivity (Wildman–Crippen MR) is 50.1 cm³/mol. The van der Waals surface area contributed by atoms with Crippen molar-refractivity contribution in [2.45, 2.75) is 25.1 Å². The number of carbonyl (C=O) groups excluding carboxylic acids is 1. The van der Waals surface area contributed by atoms with Gasteiger partial charge < -0.3 is 4.74 Å². The first kappa shape index (κ1) is 11.0. The normalized spacial score (nSPS) is 17.1. The Bertz CT molecular complexity index is 404. The minimum Gasteiger partial charge on any atom is -0.405 e. The highest BCUT2D eigenvalue weighted by atomic mass is 19.4. The van der Waals surface area contributed by atoms with Gasteiger partial charge in [-0.25, -0.2) is 0 Å². The van der Waals surface area contributed by atoms with E-state index in [9.17, 15) is 18.0 Å². The standard InChI is InChI=1S/C11H9F3O2/c12-11(13,14)16-10-4-2-1-3-9(10)7-5-8(15)6-7/h1-4,7H,5-6H2. The summed E-state index contributed by atoms with van der Waals surface area (Å²) in [6, 6.07) is 5.95. The van der Waals surface area contributed by atoms with E-state index < -0.39 is 6.36 Å². The molecule has 0 saturated heterocycles. The maximum atomic E-state index is 12.1. The molecule has 0 unspecified atom stereocenters. The average molecular weight is 230 g/mol. The van der Waals surface area contributed by atoms with E-state index >= 15 is 0 Å². The second-order valence-corrected chi connectivity index (χ2v) is 3.73. The zero-order chi connectivity index (χ0) is 11.8. The lowest BCUT2D eigenvalue weighted by atomic mass is 9.78. The third-order valence-corrected chi connectivity index (χ3v) is 2.53. The number of benzene rings is 1. The third-order valence-electron chi connectivity index (χ3n) is 2.53. The Morgan fingerprint density at radius 2 is 1.81 bits per heavy atom. The molecule has 0 atom stereocenters. The second-order valence-electron chi connectivity index (χ2n) is 3.73. The minimum atomic E-state index is -4.69. The summed E-state index contributed by atoms with van der Waals surface area (Å²) in [5.41, 5.74) is 0.458. The first-order valence-corrected chi connectivity index (χ1v) is 4.82. The van der Waals surface area contributed by atoms with Crippen LogP contribution in [-0.4, -0.2) is 12.1 Å². The van der Waals surface area contributed by atoms with Crippen LogP contribution < -0.4 is 4.74 Å². The van der Waals surface area contributed by atoms with Crippen LogP contribution in [0.2, 0.25) is 0 Å². The molecule has 1 aliphatic carbocycles. The Labute approximate surface area is 90.0 Å². The number of hydrogen-bond acceptors (Lipinski definition) is 2. The predicted octanol–water partition coefficient (Wildman–Crippen LogP) is 3.03. The van der Waals surface area contributed by atoms with E-state index in [1.807, 2.05) is 0 Å². The van der Waals surface area contributed by atoms with Gasteiger partial charge in [0, 0.05) is 18.8 Å². The van der Waals surface area contributed by atoms with Gasteiger partial charge in [-0.3, -0.25) is 4.79 Å². The van der Waals surface area contributed by atoms with Gasteiger partial charge in [0.05, 0.1) is 0 Å². The summed E-state index contributed by atoms with van der Waals surface area (Å²) in [5.74, 6) is -0.259. The SMILES string of the molecule is O=C1CC(c2ccccc2OC(F)(F)F)C1. The fraction of sp³-hybridized carbons (Fsp3) is 0.364. The van der Waals surface area contributed by atoms with Gasteiger partial charge in [0.2, 0.25) is 0 Å². The number of carbonyl (C=O) groups is 1. The van der Waals surface area contributed by atoms with E-state index in [0.717, 1.165) is 0 Å². The number of rotatable bonds is 2. The van der Waals surface area contributed by atoms with E-state index in [1.165, 1.54) is 12.1 Å². The van der Waals surface area contributed by atoms with Crippen LogP contribution in [0.1, 0.15) is 24.3 Å². The lowest BCUT2D eigenvalue weighted by Gasteiger charge is -2.26. The molecule has 1 saturated carbocycles. The quantitative estimate of drug-likeness (QED) is 0.780. The van der Waals surface area contributed by atoms with Gasteiger partial charge in [0.25, 0.3) is 0 Å². The third kappa shape index (κ3) is 2.35. The number of hydrogen-bond donors (Lipinski definition) is 0. The van der Waals surface area contributed by atoms with Gasteiger partial charge in [-0.05, 0) is 11.6 Å². The number of alkyl halides is 3. The van der Waals surface area contributed by atoms with Crippen LogP contribution in [0.5, 0.6) is 5.75 Å². The highest BCUT2D eigenvalue weighted by Gasteiger charge is 2.35. The fourth-order valence-corrected chi connectivity index (χ4v) is 1.75. The topological polar surface area (TPSA) is 26.3 Å². The summed E-state index contributed by atoms with van der Waals surface area (Å²) in [6.45, 7) is 0. The van der Waals surface area contributed by atoms with Gasteiger partial charge in [-0.1, -0.05) is 18.2 Å². The average Bonchev–Trinajstić information content (AvgIpc) is 2.12. The molecule has 0 heterocycles. The molecule has 5 heteroatoms. The summed E-state index contributed by atoms with van der Waals surface area (Å²) in [6.07, 6.45) is -4.08. The number of halogens is 3. The molecule has 0 amide bonds. The second kappa shape index (κ2) is 3.81. The Hall–Kier alpha value is -1.52. The van der Waals surface area contributed by atoms with Crippen molar-refractivity contribution in [2.24, 2.45) is 0 Å². The molecule has 1 fully saturated rings. The molecule has 0 bridgehead atoms. The summed E-state index contributed by atoms with van der Waals surface area (Å²) in [5, 5.41) is 0. The molecule has 0 aliphatic heterocycles. The maximum Gasteiger partial charge on any atom is 0.573 e. The van der Waals surface area contributed by atoms with Crippen LogP contribution in [0.15, 0.2) is 24.3 Å². The van der Waals surface area contributed by atoms with Crippen LogP contribution in [0, 0.1) is 0 Å². The van der Waals surface area contributed by atoms with Crippen molar-refractivity contribution in [1.82, 2.24) is 0 Å². The zero-order valence-corrected chi connectivity index (χ0v) is 8.25. The van der Waals surface area contributed by atoms with Gasteiger partial charge in [0.1, 0.15) is 11.5 Å². The molecule has 16 heavy (non-hydrogen) atoms. The number of Topliss-reactive ketones (excluding diaryl/α,β-unsaturated/α-hetero) is 1. The van der Waals surface area contributed by atoms with E-state index in [1.54, 1.807) is 12.1 Å². The van der Waals surface area contributed by atoms with Crippen molar-refractivity contribution in [2.75, 3.05) is 0 Å². The van der Waals surface area contributed by atoms with Crippen molar-refractivity contribution in [1.29, 1.82) is 0 Å². The van der Waals surface area contributed by atoms with Crippen molar-refractivity contribution in [3.05, 3.63) is 29.8 Å². The lowest BCUT2D eigenvalue weighted by molar-refractivity contribution is -0.275. The van der Waals surface area contributed by atoms with Crippen molar-refractivity contribution < 1.29 is 22.7 Å². The van der Waals surface area contributed by atoms with Crippen molar-refractivity contribution in [3.8, 4) is 5.75 Å². The molecule has 0 N–H and O–H groups in total. The Balaban J connectivity index is 2.21. The molecule has 0 spiro atoms. The number of ketones is 1. The van der Waals surface area contributed by atoms with Crippen LogP contribution >= 0.6 is 0 Å². The van der Waals surface area contributed by atoms with Crippen LogP contribution in [-0.2, 0) is 4.79 Å². The number of ether oxygens (including phenoxy) is 1. The van der Waals surface area contributed by atoms with Gasteiger partial charge in [-0.15, -0.1) is 13.2 Å². The van der Waals surface area contributed by atoms with Crippen LogP contribution in [0.4, 0.5) is 13.2 Å². The maximum absolute atomic E-state index is 12.1. The van der Waals surface area contributed by atoms with Gasteiger partial charge >= 0.3 is 6.36 Å². The molecule has 2 rings (SSSR count). The molecular weight excluding hydrogens is 221 g/mol. The first-order valence-electron chi connectivity index (χ1n) is 4.82. The molecule has 86 valence electrons. The Morgan fingerprint density at radius 3 is 2.38 bits per heavy atom. The Morgan fingerprint density at radius 1 is 1.19 bits per heavy atom. The molecule has 2 nitrogen and oxygen atoms in total. The highest BCUT2D eigenvalue weighted by molar-refractivity contribution is 5.86. The monoisotopic (exact) mass is 230 g/mol. The Kier molecular flexibility index (Phi) is 2.61. The molecule has 1 aromatic rings. The minimum absolute atomic E-state index is 0.0758. The first-order chi connectivity index (χ1) is 7.46. The lowest BCUT2D eigenvalue weighted by Crippen LogP contribution is -2.24. The van der Waals surface area contributed by atoms with E-state index in [2.05, 4.69) is 4.74 Å². The fourth-order valence-electron chi connectivity index (χ4n) is 1.75. The van der Waals surface area contributed by atoms with Crippen LogP contribution in [0.25, 0.3) is 0 Å². The molecular formula is C11H9F3O2. The van der Waals surface area contributed by atoms with Gasteiger partial charge in [0.15, 0.2) is 0 Å². The number of para-hydroxylation sites is 1. The summed E-state index contributed by atoms with van der Waals surface area (Å²) in [4.78, 5) is 10.8. The van der Waals surface area contributed by atoms with E-state index in [0.29, 0.717) is 18.4 Å². The van der Waals surface area contributed by atoms with E-state index in [4.69, 9.17) is 0 Å². The van der Waals surface area contributed by atoms with Gasteiger partial charge in [-0.2, -0.15) is 0 Å². The summed E-state index contributed by atoms with van der Waals surface area (Å²) < 4.78 is 40.2.